The van der Waals surface area contributed by atoms with Gasteiger partial charge in [-0.05, 0) is 6.92 Å². The minimum Gasteiger partial charge on any atom is -0.383 e. The first-order valence-corrected chi connectivity index (χ1v) is 6.35. The average molecular weight is 238 g/mol. The Morgan fingerprint density at radius 1 is 1.53 bits per heavy atom. The zero-order valence-corrected chi connectivity index (χ0v) is 9.84. The number of nitrogens with two attached hydrogens (primary N) is 1. The Bertz CT molecular complexity index is 289. The van der Waals surface area contributed by atoms with E-state index in [1.165, 1.54) is 14.0 Å². The molecule has 0 heterocycles. The molecule has 0 aromatic rings. The van der Waals surface area contributed by atoms with Crippen LogP contribution in [0.3, 0.4) is 0 Å². The van der Waals surface area contributed by atoms with Gasteiger partial charge in [-0.25, -0.2) is 8.42 Å². The van der Waals surface area contributed by atoms with E-state index in [2.05, 4.69) is 5.32 Å². The molecule has 0 spiro atoms. The Morgan fingerprint density at radius 2 is 2.13 bits per heavy atom. The number of nitrogens with one attached hydrogen (secondary N) is 1. The van der Waals surface area contributed by atoms with Crippen molar-refractivity contribution in [2.45, 2.75) is 12.2 Å². The van der Waals surface area contributed by atoms with Gasteiger partial charge in [0.05, 0.1) is 12.4 Å². The highest BCUT2D eigenvalue weighted by molar-refractivity contribution is 7.92. The number of carbonyl (C=O) groups excluding carboxylic acids is 1. The van der Waals surface area contributed by atoms with Crippen molar-refractivity contribution < 1.29 is 17.9 Å². The SMILES string of the molecule is COCCNC(=O)C(C)S(=O)(=O)CCN. The molecule has 0 aromatic heterocycles. The first-order valence-electron chi connectivity index (χ1n) is 4.64. The molecule has 0 aliphatic rings. The lowest BCUT2D eigenvalue weighted by atomic mass is 10.4. The quantitative estimate of drug-likeness (QED) is 0.527. The lowest BCUT2D eigenvalue weighted by molar-refractivity contribution is -0.120. The minimum atomic E-state index is -3.42. The Labute approximate surface area is 90.1 Å². The predicted octanol–water partition coefficient (Wildman–Crippen LogP) is -1.49. The molecule has 0 aliphatic heterocycles. The van der Waals surface area contributed by atoms with Crippen molar-refractivity contribution in [3.05, 3.63) is 0 Å². The van der Waals surface area contributed by atoms with Crippen LogP contribution in [0.4, 0.5) is 0 Å². The highest BCUT2D eigenvalue weighted by atomic mass is 32.2. The van der Waals surface area contributed by atoms with Gasteiger partial charge in [0, 0.05) is 20.2 Å². The summed E-state index contributed by atoms with van der Waals surface area (Å²) in [5.41, 5.74) is 5.14. The van der Waals surface area contributed by atoms with Gasteiger partial charge < -0.3 is 15.8 Å². The lowest BCUT2D eigenvalue weighted by Crippen LogP contribution is -2.41. The van der Waals surface area contributed by atoms with Gasteiger partial charge >= 0.3 is 0 Å². The second-order valence-corrected chi connectivity index (χ2v) is 5.52. The molecule has 0 rings (SSSR count). The van der Waals surface area contributed by atoms with Gasteiger partial charge in [0.2, 0.25) is 5.91 Å². The number of sulfone groups is 1. The Morgan fingerprint density at radius 3 is 2.60 bits per heavy atom. The third-order valence-corrected chi connectivity index (χ3v) is 4.01. The van der Waals surface area contributed by atoms with Crippen LogP contribution in [0.25, 0.3) is 0 Å². The first kappa shape index (κ1) is 14.3. The van der Waals surface area contributed by atoms with Gasteiger partial charge in [0.25, 0.3) is 0 Å². The molecule has 0 fully saturated rings. The Hall–Kier alpha value is -0.660. The van der Waals surface area contributed by atoms with Crippen LogP contribution in [0, 0.1) is 0 Å². The van der Waals surface area contributed by atoms with Crippen molar-refractivity contribution in [3.63, 3.8) is 0 Å². The average Bonchev–Trinajstić information content (AvgIpc) is 2.16. The Kier molecular flexibility index (Phi) is 6.46. The summed E-state index contributed by atoms with van der Waals surface area (Å²) < 4.78 is 27.6. The summed E-state index contributed by atoms with van der Waals surface area (Å²) in [6.07, 6.45) is 0. The third kappa shape index (κ3) is 5.10. The molecule has 7 heteroatoms. The molecule has 0 radical (unpaired) electrons. The van der Waals surface area contributed by atoms with Gasteiger partial charge in [-0.15, -0.1) is 0 Å². The lowest BCUT2D eigenvalue weighted by Gasteiger charge is -2.12. The molecule has 3 N–H and O–H groups in total. The molecule has 0 bridgehead atoms. The van der Waals surface area contributed by atoms with Gasteiger partial charge in [0.1, 0.15) is 5.25 Å². The fourth-order valence-corrected chi connectivity index (χ4v) is 2.02. The van der Waals surface area contributed by atoms with Gasteiger partial charge in [-0.2, -0.15) is 0 Å². The number of methoxy groups -OCH3 is 1. The number of hydrogen-bond acceptors (Lipinski definition) is 5. The van der Waals surface area contributed by atoms with E-state index >= 15 is 0 Å². The molecule has 1 atom stereocenters. The fourth-order valence-electron chi connectivity index (χ4n) is 0.924. The van der Waals surface area contributed by atoms with E-state index in [1.54, 1.807) is 0 Å². The second kappa shape index (κ2) is 6.76. The van der Waals surface area contributed by atoms with Gasteiger partial charge in [-0.3, -0.25) is 4.79 Å². The summed E-state index contributed by atoms with van der Waals surface area (Å²) in [7, 11) is -1.92. The predicted molar refractivity (Wildman–Crippen MR) is 57.2 cm³/mol. The van der Waals surface area contributed by atoms with Crippen LogP contribution < -0.4 is 11.1 Å². The third-order valence-electron chi connectivity index (χ3n) is 1.92. The van der Waals surface area contributed by atoms with E-state index < -0.39 is 21.0 Å². The van der Waals surface area contributed by atoms with Crippen molar-refractivity contribution in [2.24, 2.45) is 5.73 Å². The number of rotatable bonds is 7. The van der Waals surface area contributed by atoms with Crippen LogP contribution in [0.5, 0.6) is 0 Å². The topological polar surface area (TPSA) is 98.5 Å². The molecular formula is C8H18N2O4S. The largest absolute Gasteiger partial charge is 0.383 e. The van der Waals surface area contributed by atoms with Crippen LogP contribution in [0.1, 0.15) is 6.92 Å². The van der Waals surface area contributed by atoms with Crippen LogP contribution in [0.15, 0.2) is 0 Å². The van der Waals surface area contributed by atoms with E-state index in [1.807, 2.05) is 0 Å². The molecule has 1 unspecified atom stereocenters. The maximum atomic E-state index is 11.4. The van der Waals surface area contributed by atoms with E-state index in [0.29, 0.717) is 13.2 Å². The number of ether oxygens (including phenoxy) is 1. The molecule has 15 heavy (non-hydrogen) atoms. The molecule has 0 saturated carbocycles. The van der Waals surface area contributed by atoms with Crippen molar-refractivity contribution >= 4 is 15.7 Å². The van der Waals surface area contributed by atoms with Crippen LogP contribution >= 0.6 is 0 Å². The normalized spacial score (nSPS) is 13.5. The fraction of sp³-hybridized carbons (Fsp3) is 0.875. The van der Waals surface area contributed by atoms with E-state index in [0.717, 1.165) is 0 Å². The summed E-state index contributed by atoms with van der Waals surface area (Å²) in [6, 6.07) is 0. The van der Waals surface area contributed by atoms with Crippen LogP contribution in [0.2, 0.25) is 0 Å². The smallest absolute Gasteiger partial charge is 0.238 e. The second-order valence-electron chi connectivity index (χ2n) is 3.08. The number of amides is 1. The zero-order valence-electron chi connectivity index (χ0n) is 9.02. The maximum Gasteiger partial charge on any atom is 0.238 e. The van der Waals surface area contributed by atoms with Crippen molar-refractivity contribution in [1.82, 2.24) is 5.32 Å². The van der Waals surface area contributed by atoms with Crippen molar-refractivity contribution in [3.8, 4) is 0 Å². The number of hydrogen-bond donors (Lipinski definition) is 2. The van der Waals surface area contributed by atoms with Crippen molar-refractivity contribution in [2.75, 3.05) is 32.6 Å². The van der Waals surface area contributed by atoms with E-state index in [-0.39, 0.29) is 12.3 Å². The highest BCUT2D eigenvalue weighted by Gasteiger charge is 2.26. The molecule has 0 saturated heterocycles. The summed E-state index contributed by atoms with van der Waals surface area (Å²) in [5, 5.41) is 1.41. The first-order chi connectivity index (χ1) is 6.95. The summed E-state index contributed by atoms with van der Waals surface area (Å²) in [5.74, 6) is -0.688. The summed E-state index contributed by atoms with van der Waals surface area (Å²) in [4.78, 5) is 11.4. The van der Waals surface area contributed by atoms with Gasteiger partial charge in [-0.1, -0.05) is 0 Å². The number of carbonyl (C=O) groups is 1. The summed E-state index contributed by atoms with van der Waals surface area (Å²) >= 11 is 0. The van der Waals surface area contributed by atoms with Crippen LogP contribution in [-0.4, -0.2) is 52.1 Å². The molecule has 90 valence electrons. The molecule has 6 nitrogen and oxygen atoms in total. The van der Waals surface area contributed by atoms with Gasteiger partial charge in [0.15, 0.2) is 9.84 Å². The molecule has 0 aliphatic carbocycles. The minimum absolute atomic E-state index is 0.0258. The zero-order chi connectivity index (χ0) is 11.9. The summed E-state index contributed by atoms with van der Waals surface area (Å²) in [6.45, 7) is 2.04. The molecule has 0 aromatic carbocycles. The van der Waals surface area contributed by atoms with E-state index in [4.69, 9.17) is 10.5 Å². The monoisotopic (exact) mass is 238 g/mol. The molecular weight excluding hydrogens is 220 g/mol. The van der Waals surface area contributed by atoms with Crippen LogP contribution in [-0.2, 0) is 19.4 Å². The van der Waals surface area contributed by atoms with Crippen molar-refractivity contribution in [1.29, 1.82) is 0 Å². The standard InChI is InChI=1S/C8H18N2O4S/c1-7(15(12,13)6-3-9)8(11)10-4-5-14-2/h7H,3-6,9H2,1-2H3,(H,10,11). The maximum absolute atomic E-state index is 11.4. The highest BCUT2D eigenvalue weighted by Crippen LogP contribution is 2.01. The molecule has 1 amide bonds. The van der Waals surface area contributed by atoms with E-state index in [9.17, 15) is 13.2 Å². The Balaban J connectivity index is 4.19.